The number of anilines is 1. The third-order valence-corrected chi connectivity index (χ3v) is 10.6. The van der Waals surface area contributed by atoms with Gasteiger partial charge in [0.2, 0.25) is 0 Å². The SMILES string of the molecule is CCCCCCCC/C=C\CCCCCCCCNC(=S)Nc1ccc(CCC(C(=O)O)N2CCN(CC(=O)O)CCN(CC(=O)O)Cc3cccc(n3)C2)cc1.[Gd+3]. The Bertz CT molecular complexity index is 1520. The van der Waals surface area contributed by atoms with E-state index in [0.29, 0.717) is 55.5 Å². The number of fused-ring (bicyclic) bond motifs is 2. The van der Waals surface area contributed by atoms with E-state index in [2.05, 4.69) is 29.7 Å². The molecule has 0 saturated carbocycles. The summed E-state index contributed by atoms with van der Waals surface area (Å²) in [6, 6.07) is 12.5. The van der Waals surface area contributed by atoms with Gasteiger partial charge in [-0.1, -0.05) is 95.1 Å². The van der Waals surface area contributed by atoms with Crippen molar-refractivity contribution in [3.05, 3.63) is 71.6 Å². The summed E-state index contributed by atoms with van der Waals surface area (Å²) in [4.78, 5) is 45.9. The molecule has 0 aliphatic carbocycles. The molecule has 1 unspecified atom stereocenters. The molecule has 0 amide bonds. The number of carboxylic acids is 3. The zero-order valence-electron chi connectivity index (χ0n) is 34.6. The predicted molar refractivity (Wildman–Crippen MR) is 231 cm³/mol. The van der Waals surface area contributed by atoms with Crippen LogP contribution < -0.4 is 10.6 Å². The van der Waals surface area contributed by atoms with Crippen molar-refractivity contribution in [1.29, 1.82) is 0 Å². The maximum absolute atomic E-state index is 12.7. The van der Waals surface area contributed by atoms with Crippen molar-refractivity contribution in [3.8, 4) is 0 Å². The molecule has 1 aromatic heterocycles. The molecule has 1 radical (unpaired) electrons. The number of aliphatic carboxylic acids is 3. The van der Waals surface area contributed by atoms with Crippen LogP contribution in [0.15, 0.2) is 54.6 Å². The van der Waals surface area contributed by atoms with E-state index < -0.39 is 23.9 Å². The van der Waals surface area contributed by atoms with Gasteiger partial charge in [0.1, 0.15) is 6.04 Å². The number of carboxylic acid groups (broad SMARTS) is 3. The number of allylic oxidation sites excluding steroid dienone is 2. The number of thiocarbonyl (C=S) groups is 1. The third-order valence-electron chi connectivity index (χ3n) is 10.4. The molecule has 5 N–H and O–H groups in total. The molecule has 2 aromatic rings. The van der Waals surface area contributed by atoms with E-state index >= 15 is 0 Å². The summed E-state index contributed by atoms with van der Waals surface area (Å²) >= 11 is 5.53. The van der Waals surface area contributed by atoms with E-state index in [1.165, 1.54) is 83.5 Å². The molecule has 0 spiro atoms. The molecule has 0 saturated heterocycles. The second kappa shape index (κ2) is 31.3. The summed E-state index contributed by atoms with van der Waals surface area (Å²) in [5.41, 5.74) is 3.21. The smallest absolute Gasteiger partial charge is 0.480 e. The summed E-state index contributed by atoms with van der Waals surface area (Å²) in [7, 11) is 0. The Kier molecular flexibility index (Phi) is 27.8. The molecule has 321 valence electrons. The fourth-order valence-electron chi connectivity index (χ4n) is 7.18. The Labute approximate surface area is 384 Å². The topological polar surface area (TPSA) is 159 Å². The van der Waals surface area contributed by atoms with Gasteiger partial charge in [-0.3, -0.25) is 34.1 Å². The van der Waals surface area contributed by atoms with Gasteiger partial charge in [-0.2, -0.15) is 0 Å². The number of nitrogens with one attached hydrogen (secondary N) is 2. The van der Waals surface area contributed by atoms with Crippen LogP contribution in [0.3, 0.4) is 0 Å². The van der Waals surface area contributed by atoms with Crippen molar-refractivity contribution in [2.24, 2.45) is 0 Å². The number of rotatable bonds is 26. The van der Waals surface area contributed by atoms with Gasteiger partial charge >= 0.3 is 57.8 Å². The first-order chi connectivity index (χ1) is 27.6. The molecular weight excluding hydrogens is 898 g/mol. The van der Waals surface area contributed by atoms with E-state index in [0.717, 1.165) is 24.2 Å². The van der Waals surface area contributed by atoms with Gasteiger partial charge in [0.25, 0.3) is 0 Å². The summed E-state index contributed by atoms with van der Waals surface area (Å²) in [6.45, 7) is 4.48. The standard InChI is InChI=1S/C44H68N6O6S.Gd/c1-2-3-4-5-6-7-8-9-10-11-12-13-14-15-16-17-27-45-44(57)47-37-24-21-36(22-25-37)23-26-40(43(55)56)50-31-30-48(34-41(51)52)28-29-49(35-42(53)54)32-38-19-18-20-39(33-50)46-38;/h9-10,18-22,24-25,40H,2-8,11-17,23,26-35H2,1H3,(H,51,52)(H,53,54)(H,55,56)(H2,45,47,57);/q;+3/b10-9-;. The van der Waals surface area contributed by atoms with Crippen LogP contribution in [0.25, 0.3) is 0 Å². The molecule has 1 aromatic carbocycles. The fraction of sp³-hybridized carbons (Fsp3) is 0.614. The van der Waals surface area contributed by atoms with Crippen molar-refractivity contribution in [1.82, 2.24) is 25.0 Å². The minimum atomic E-state index is -0.997. The monoisotopic (exact) mass is 966 g/mol. The fourth-order valence-corrected chi connectivity index (χ4v) is 7.40. The first kappa shape index (κ1) is 51.6. The Morgan fingerprint density at radius 2 is 1.29 bits per heavy atom. The molecule has 3 rings (SSSR count). The number of unbranched alkanes of at least 4 members (excludes halogenated alkanes) is 12. The molecule has 2 bridgehead atoms. The van der Waals surface area contributed by atoms with Crippen LogP contribution in [0.5, 0.6) is 0 Å². The molecule has 2 heterocycles. The predicted octanol–water partition coefficient (Wildman–Crippen LogP) is 7.58. The van der Waals surface area contributed by atoms with Crippen molar-refractivity contribution in [3.63, 3.8) is 0 Å². The molecule has 12 nitrogen and oxygen atoms in total. The molecule has 0 fully saturated rings. The summed E-state index contributed by atoms with van der Waals surface area (Å²) < 4.78 is 0. The summed E-state index contributed by atoms with van der Waals surface area (Å²) in [6.07, 6.45) is 23.5. The molecule has 14 heteroatoms. The summed E-state index contributed by atoms with van der Waals surface area (Å²) in [5, 5.41) is 36.5. The first-order valence-electron chi connectivity index (χ1n) is 21.2. The Morgan fingerprint density at radius 3 is 1.91 bits per heavy atom. The van der Waals surface area contributed by atoms with E-state index in [9.17, 15) is 29.7 Å². The Hall–Kier alpha value is -2.59. The second-order valence-electron chi connectivity index (χ2n) is 15.3. The van der Waals surface area contributed by atoms with Crippen LogP contribution in [-0.4, -0.2) is 110 Å². The zero-order valence-corrected chi connectivity index (χ0v) is 37.7. The number of hydrogen-bond acceptors (Lipinski definition) is 8. The number of nitrogens with zero attached hydrogens (tertiary/aromatic N) is 4. The Balaban J connectivity index is 0.0000116. The van der Waals surface area contributed by atoms with Crippen LogP contribution in [0.2, 0.25) is 0 Å². The maximum atomic E-state index is 12.7. The van der Waals surface area contributed by atoms with Crippen LogP contribution >= 0.6 is 12.2 Å². The van der Waals surface area contributed by atoms with Gasteiger partial charge < -0.3 is 26.0 Å². The molecule has 58 heavy (non-hydrogen) atoms. The van der Waals surface area contributed by atoms with Gasteiger partial charge in [0, 0.05) is 51.5 Å². The molecule has 1 aliphatic rings. The first-order valence-corrected chi connectivity index (χ1v) is 21.6. The third kappa shape index (κ3) is 23.3. The van der Waals surface area contributed by atoms with Crippen LogP contribution in [0.1, 0.15) is 120 Å². The quantitative estimate of drug-likeness (QED) is 0.0358. The van der Waals surface area contributed by atoms with Crippen LogP contribution in [0.4, 0.5) is 5.69 Å². The van der Waals surface area contributed by atoms with Crippen LogP contribution in [0, 0.1) is 39.9 Å². The van der Waals surface area contributed by atoms with Crippen molar-refractivity contribution in [2.75, 3.05) is 51.1 Å². The minimum absolute atomic E-state index is 0. The van der Waals surface area contributed by atoms with E-state index in [1.807, 2.05) is 47.4 Å². The van der Waals surface area contributed by atoms with Gasteiger partial charge in [-0.25, -0.2) is 0 Å². The van der Waals surface area contributed by atoms with Crippen molar-refractivity contribution >= 4 is 40.9 Å². The van der Waals surface area contributed by atoms with Gasteiger partial charge in [-0.05, 0) is 87.0 Å². The van der Waals surface area contributed by atoms with E-state index in [-0.39, 0.29) is 66.1 Å². The van der Waals surface area contributed by atoms with Gasteiger partial charge in [0.15, 0.2) is 5.11 Å². The number of carbonyl (C=O) groups is 3. The van der Waals surface area contributed by atoms with E-state index in [4.69, 9.17) is 17.2 Å². The summed E-state index contributed by atoms with van der Waals surface area (Å²) in [5.74, 6) is -2.92. The van der Waals surface area contributed by atoms with Crippen molar-refractivity contribution in [2.45, 2.75) is 129 Å². The second-order valence-corrected chi connectivity index (χ2v) is 15.7. The average molecular weight is 966 g/mol. The molecule has 1 aliphatic heterocycles. The molecule has 1 atom stereocenters. The number of pyridine rings is 1. The van der Waals surface area contributed by atoms with Crippen LogP contribution in [-0.2, 0) is 33.9 Å². The number of aryl methyl sites for hydroxylation is 1. The van der Waals surface area contributed by atoms with E-state index in [1.54, 1.807) is 9.80 Å². The van der Waals surface area contributed by atoms with Crippen molar-refractivity contribution < 1.29 is 69.6 Å². The normalized spacial score (nSPS) is 14.8. The largest absolute Gasteiger partial charge is 3.00 e. The number of benzene rings is 1. The molecular formula is C44H68GdN6O6S+3. The van der Waals surface area contributed by atoms with Gasteiger partial charge in [-0.15, -0.1) is 0 Å². The average Bonchev–Trinajstić information content (AvgIpc) is 3.16. The number of aromatic nitrogens is 1. The maximum Gasteiger partial charge on any atom is 3.00 e. The number of hydrogen-bond donors (Lipinski definition) is 5. The zero-order chi connectivity index (χ0) is 41.1. The Morgan fingerprint density at radius 1 is 0.741 bits per heavy atom. The van der Waals surface area contributed by atoms with Gasteiger partial charge in [0.05, 0.1) is 24.5 Å². The minimum Gasteiger partial charge on any atom is -0.480 e.